The van der Waals surface area contributed by atoms with Crippen molar-refractivity contribution in [2.45, 2.75) is 6.54 Å². The highest BCUT2D eigenvalue weighted by Gasteiger charge is 2.11. The van der Waals surface area contributed by atoms with Gasteiger partial charge in [-0.3, -0.25) is 4.79 Å². The number of nitrogens with one attached hydrogen (secondary N) is 1. The number of nitrogen functional groups attached to an aromatic ring is 1. The average Bonchev–Trinajstić information content (AvgIpc) is 2.87. The van der Waals surface area contributed by atoms with Crippen molar-refractivity contribution in [1.29, 1.82) is 0 Å². The van der Waals surface area contributed by atoms with E-state index in [0.29, 0.717) is 23.3 Å². The summed E-state index contributed by atoms with van der Waals surface area (Å²) in [7, 11) is 0. The third-order valence-electron chi connectivity index (χ3n) is 3.28. The first-order valence-electron chi connectivity index (χ1n) is 6.49. The first-order chi connectivity index (χ1) is 10.1. The monoisotopic (exact) mass is 281 g/mol. The van der Waals surface area contributed by atoms with E-state index in [0.717, 1.165) is 11.1 Å². The van der Waals surface area contributed by atoms with Crippen molar-refractivity contribution >= 4 is 22.6 Å². The van der Waals surface area contributed by atoms with Crippen molar-refractivity contribution in [1.82, 2.24) is 9.66 Å². The number of hydrogen-bond acceptors (Lipinski definition) is 4. The number of amides is 1. The van der Waals surface area contributed by atoms with Crippen molar-refractivity contribution in [2.75, 3.05) is 11.2 Å². The maximum atomic E-state index is 11.4. The molecule has 21 heavy (non-hydrogen) atoms. The Morgan fingerprint density at radius 3 is 2.71 bits per heavy atom. The number of imidazole rings is 1. The van der Waals surface area contributed by atoms with Gasteiger partial charge in [0, 0.05) is 5.69 Å². The highest BCUT2D eigenvalue weighted by atomic mass is 16.1. The molecule has 0 aliphatic heterocycles. The van der Waals surface area contributed by atoms with Crippen molar-refractivity contribution in [3.8, 4) is 0 Å². The molecule has 0 saturated heterocycles. The van der Waals surface area contributed by atoms with Crippen LogP contribution in [0.1, 0.15) is 15.9 Å². The minimum absolute atomic E-state index is 0.297. The van der Waals surface area contributed by atoms with E-state index in [1.165, 1.54) is 0 Å². The van der Waals surface area contributed by atoms with E-state index in [4.69, 9.17) is 11.5 Å². The number of nitrogens with zero attached hydrogens (tertiary/aromatic N) is 2. The normalized spacial score (nSPS) is 10.7. The summed E-state index contributed by atoms with van der Waals surface area (Å²) in [4.78, 5) is 15.6. The lowest BCUT2D eigenvalue weighted by Gasteiger charge is -2.09. The molecule has 3 aromatic rings. The van der Waals surface area contributed by atoms with E-state index in [2.05, 4.69) is 10.4 Å². The second-order valence-corrected chi connectivity index (χ2v) is 4.73. The van der Waals surface area contributed by atoms with Gasteiger partial charge in [-0.25, -0.2) is 9.66 Å². The minimum Gasteiger partial charge on any atom is -0.398 e. The zero-order chi connectivity index (χ0) is 14.8. The number of anilines is 1. The Balaban J connectivity index is 1.92. The van der Waals surface area contributed by atoms with Crippen LogP contribution in [0.5, 0.6) is 0 Å². The molecular formula is C15H15N5O. The number of carbonyl (C=O) groups excluding carboxylic acids is 1. The SMILES string of the molecule is NC(=O)c1cc2c(cc1N)ncn2NCc1ccccc1. The highest BCUT2D eigenvalue weighted by Crippen LogP contribution is 2.20. The molecule has 0 fully saturated rings. The number of benzene rings is 2. The van der Waals surface area contributed by atoms with E-state index < -0.39 is 5.91 Å². The van der Waals surface area contributed by atoms with Crippen LogP contribution in [0.3, 0.4) is 0 Å². The molecule has 0 aliphatic rings. The number of carbonyl (C=O) groups is 1. The van der Waals surface area contributed by atoms with Gasteiger partial charge in [-0.2, -0.15) is 0 Å². The van der Waals surface area contributed by atoms with Gasteiger partial charge in [0.05, 0.1) is 23.1 Å². The van der Waals surface area contributed by atoms with Crippen LogP contribution in [0.25, 0.3) is 11.0 Å². The lowest BCUT2D eigenvalue weighted by atomic mass is 10.1. The Morgan fingerprint density at radius 1 is 1.24 bits per heavy atom. The van der Waals surface area contributed by atoms with Gasteiger partial charge in [-0.15, -0.1) is 0 Å². The molecule has 0 radical (unpaired) electrons. The number of hydrogen-bond donors (Lipinski definition) is 3. The highest BCUT2D eigenvalue weighted by molar-refractivity contribution is 6.01. The first kappa shape index (κ1) is 13.0. The fraction of sp³-hybridized carbons (Fsp3) is 0.0667. The smallest absolute Gasteiger partial charge is 0.250 e. The molecule has 5 N–H and O–H groups in total. The Hall–Kier alpha value is -3.02. The molecule has 1 heterocycles. The van der Waals surface area contributed by atoms with Crippen LogP contribution in [0.2, 0.25) is 0 Å². The fourth-order valence-electron chi connectivity index (χ4n) is 2.18. The molecule has 6 nitrogen and oxygen atoms in total. The van der Waals surface area contributed by atoms with E-state index in [-0.39, 0.29) is 0 Å². The molecule has 0 saturated carbocycles. The molecule has 0 bridgehead atoms. The summed E-state index contributed by atoms with van der Waals surface area (Å²) < 4.78 is 1.76. The minimum atomic E-state index is -0.551. The van der Waals surface area contributed by atoms with Crippen molar-refractivity contribution in [3.05, 3.63) is 59.9 Å². The van der Waals surface area contributed by atoms with Crippen molar-refractivity contribution in [3.63, 3.8) is 0 Å². The molecule has 0 spiro atoms. The van der Waals surface area contributed by atoms with Crippen LogP contribution >= 0.6 is 0 Å². The summed E-state index contributed by atoms with van der Waals surface area (Å²) in [6.45, 7) is 0.641. The molecule has 6 heteroatoms. The van der Waals surface area contributed by atoms with Gasteiger partial charge < -0.3 is 16.9 Å². The molecular weight excluding hydrogens is 266 g/mol. The zero-order valence-corrected chi connectivity index (χ0v) is 11.3. The third kappa shape index (κ3) is 2.51. The zero-order valence-electron chi connectivity index (χ0n) is 11.3. The van der Waals surface area contributed by atoms with E-state index in [1.54, 1.807) is 23.1 Å². The van der Waals surface area contributed by atoms with Gasteiger partial charge in [-0.1, -0.05) is 30.3 Å². The Morgan fingerprint density at radius 2 is 2.00 bits per heavy atom. The fourth-order valence-corrected chi connectivity index (χ4v) is 2.18. The molecule has 1 aromatic heterocycles. The standard InChI is InChI=1S/C15H15N5O/c16-12-7-13-14(6-11(12)15(17)21)20(9-18-13)19-8-10-4-2-1-3-5-10/h1-7,9,19H,8,16H2,(H2,17,21). The number of primary amides is 1. The van der Waals surface area contributed by atoms with E-state index >= 15 is 0 Å². The Kier molecular flexibility index (Phi) is 3.19. The lowest BCUT2D eigenvalue weighted by Crippen LogP contribution is -2.15. The molecule has 3 rings (SSSR count). The third-order valence-corrected chi connectivity index (χ3v) is 3.28. The molecule has 106 valence electrons. The summed E-state index contributed by atoms with van der Waals surface area (Å²) >= 11 is 0. The van der Waals surface area contributed by atoms with Gasteiger partial charge >= 0.3 is 0 Å². The molecule has 0 aliphatic carbocycles. The largest absolute Gasteiger partial charge is 0.398 e. The van der Waals surface area contributed by atoms with E-state index in [9.17, 15) is 4.79 Å². The molecule has 1 amide bonds. The van der Waals surface area contributed by atoms with Crippen LogP contribution in [-0.2, 0) is 6.54 Å². The average molecular weight is 281 g/mol. The number of nitrogens with two attached hydrogens (primary N) is 2. The number of aromatic nitrogens is 2. The molecule has 0 unspecified atom stereocenters. The van der Waals surface area contributed by atoms with Gasteiger partial charge in [0.15, 0.2) is 0 Å². The maximum Gasteiger partial charge on any atom is 0.250 e. The Bertz CT molecular complexity index is 794. The second-order valence-electron chi connectivity index (χ2n) is 4.73. The first-order valence-corrected chi connectivity index (χ1v) is 6.49. The van der Waals surface area contributed by atoms with Gasteiger partial charge in [0.1, 0.15) is 6.33 Å². The van der Waals surface area contributed by atoms with Crippen molar-refractivity contribution in [2.24, 2.45) is 5.73 Å². The van der Waals surface area contributed by atoms with Crippen LogP contribution < -0.4 is 16.9 Å². The number of rotatable bonds is 4. The van der Waals surface area contributed by atoms with E-state index in [1.807, 2.05) is 30.3 Å². The van der Waals surface area contributed by atoms with Crippen molar-refractivity contribution < 1.29 is 4.79 Å². The summed E-state index contributed by atoms with van der Waals surface area (Å²) in [6.07, 6.45) is 1.65. The summed E-state index contributed by atoms with van der Waals surface area (Å²) in [5, 5.41) is 0. The van der Waals surface area contributed by atoms with Gasteiger partial charge in [0.2, 0.25) is 0 Å². The summed E-state index contributed by atoms with van der Waals surface area (Å²) in [5.74, 6) is -0.551. The maximum absolute atomic E-state index is 11.4. The van der Waals surface area contributed by atoms with Gasteiger partial charge in [-0.05, 0) is 17.7 Å². The van der Waals surface area contributed by atoms with Crippen LogP contribution in [0.15, 0.2) is 48.8 Å². The lowest BCUT2D eigenvalue weighted by molar-refractivity contribution is 0.100. The second kappa shape index (κ2) is 5.16. The summed E-state index contributed by atoms with van der Waals surface area (Å²) in [6, 6.07) is 13.3. The van der Waals surface area contributed by atoms with Crippen LogP contribution in [-0.4, -0.2) is 15.6 Å². The van der Waals surface area contributed by atoms with Crippen LogP contribution in [0, 0.1) is 0 Å². The molecule has 2 aromatic carbocycles. The topological polar surface area (TPSA) is 99.0 Å². The molecule has 0 atom stereocenters. The van der Waals surface area contributed by atoms with Crippen LogP contribution in [0.4, 0.5) is 5.69 Å². The summed E-state index contributed by atoms with van der Waals surface area (Å²) in [5.41, 5.74) is 17.6. The predicted octanol–water partition coefficient (Wildman–Crippen LogP) is 1.46. The van der Waals surface area contributed by atoms with Gasteiger partial charge in [0.25, 0.3) is 5.91 Å². The predicted molar refractivity (Wildman–Crippen MR) is 82.2 cm³/mol. The quantitative estimate of drug-likeness (QED) is 0.630. The number of fused-ring (bicyclic) bond motifs is 1. The Labute approximate surface area is 121 Å².